The van der Waals surface area contributed by atoms with Gasteiger partial charge in [-0.2, -0.15) is 0 Å². The van der Waals surface area contributed by atoms with Gasteiger partial charge in [0.15, 0.2) is 0 Å². The number of piperidine rings is 1. The number of pyridine rings is 1. The molecule has 1 aliphatic carbocycles. The minimum absolute atomic E-state index is 0.0732. The van der Waals surface area contributed by atoms with E-state index in [9.17, 15) is 22.8 Å². The van der Waals surface area contributed by atoms with E-state index in [4.69, 9.17) is 0 Å². The van der Waals surface area contributed by atoms with Crippen molar-refractivity contribution in [3.63, 3.8) is 0 Å². The number of ether oxygens (including phenoxy) is 1. The molecule has 9 heteroatoms. The van der Waals surface area contributed by atoms with Gasteiger partial charge in [0.25, 0.3) is 5.91 Å². The molecule has 0 spiro atoms. The average Bonchev–Trinajstić information content (AvgIpc) is 3.29. The lowest BCUT2D eigenvalue weighted by Gasteiger charge is -2.34. The van der Waals surface area contributed by atoms with Crippen molar-refractivity contribution in [2.24, 2.45) is 5.92 Å². The summed E-state index contributed by atoms with van der Waals surface area (Å²) in [7, 11) is 0. The number of likely N-dealkylation sites (tertiary alicyclic amines) is 1. The lowest BCUT2D eigenvalue weighted by molar-refractivity contribution is -0.274. The summed E-state index contributed by atoms with van der Waals surface area (Å²) in [5.41, 5.74) is 1.08. The fraction of sp³-hybridized carbons (Fsp3) is 0.381. The van der Waals surface area contributed by atoms with Crippen LogP contribution in [0.4, 0.5) is 13.2 Å². The summed E-state index contributed by atoms with van der Waals surface area (Å²) in [5, 5.41) is 3.01. The van der Waals surface area contributed by atoms with Crippen LogP contribution >= 0.6 is 0 Å². The zero-order valence-corrected chi connectivity index (χ0v) is 15.9. The van der Waals surface area contributed by atoms with Gasteiger partial charge >= 0.3 is 6.36 Å². The number of carbonyl (C=O) groups is 2. The number of alkyl halides is 3. The minimum Gasteiger partial charge on any atom is -0.406 e. The van der Waals surface area contributed by atoms with Crippen molar-refractivity contribution in [2.75, 3.05) is 6.54 Å². The lowest BCUT2D eigenvalue weighted by atomic mass is 10.0. The highest BCUT2D eigenvalue weighted by Gasteiger charge is 2.47. The van der Waals surface area contributed by atoms with Crippen LogP contribution in [-0.2, 0) is 11.2 Å². The van der Waals surface area contributed by atoms with Gasteiger partial charge < -0.3 is 15.0 Å². The van der Waals surface area contributed by atoms with Crippen LogP contribution in [0, 0.1) is 5.92 Å². The van der Waals surface area contributed by atoms with E-state index in [1.54, 1.807) is 23.2 Å². The molecule has 0 radical (unpaired) electrons. The summed E-state index contributed by atoms with van der Waals surface area (Å²) in [6.45, 7) is 0.637. The molecule has 4 rings (SSSR count). The van der Waals surface area contributed by atoms with E-state index in [2.05, 4.69) is 15.0 Å². The maximum absolute atomic E-state index is 12.8. The molecule has 6 nitrogen and oxygen atoms in total. The number of amides is 2. The van der Waals surface area contributed by atoms with Crippen molar-refractivity contribution >= 4 is 11.8 Å². The number of carbonyl (C=O) groups excluding carboxylic acids is 2. The predicted octanol–water partition coefficient (Wildman–Crippen LogP) is 2.94. The van der Waals surface area contributed by atoms with Gasteiger partial charge in [-0.15, -0.1) is 13.2 Å². The number of hydrogen-bond acceptors (Lipinski definition) is 4. The van der Waals surface area contributed by atoms with Gasteiger partial charge in [-0.25, -0.2) is 0 Å². The smallest absolute Gasteiger partial charge is 0.406 e. The van der Waals surface area contributed by atoms with Gasteiger partial charge in [-0.05, 0) is 48.6 Å². The second-order valence-corrected chi connectivity index (χ2v) is 7.64. The van der Waals surface area contributed by atoms with Crippen molar-refractivity contribution < 1.29 is 27.5 Å². The second-order valence-electron chi connectivity index (χ2n) is 7.64. The van der Waals surface area contributed by atoms with Crippen LogP contribution in [0.15, 0.2) is 48.8 Å². The van der Waals surface area contributed by atoms with Crippen LogP contribution in [0.2, 0.25) is 0 Å². The first-order valence-corrected chi connectivity index (χ1v) is 9.63. The van der Waals surface area contributed by atoms with Crippen LogP contribution in [0.25, 0.3) is 0 Å². The Bertz CT molecular complexity index is 919. The third-order valence-electron chi connectivity index (χ3n) is 5.55. The predicted molar refractivity (Wildman–Crippen MR) is 101 cm³/mol. The van der Waals surface area contributed by atoms with Crippen molar-refractivity contribution in [1.29, 1.82) is 0 Å². The monoisotopic (exact) mass is 419 g/mol. The van der Waals surface area contributed by atoms with E-state index in [-0.39, 0.29) is 36.1 Å². The highest BCUT2D eigenvalue weighted by molar-refractivity contribution is 5.94. The Kier molecular flexibility index (Phi) is 5.36. The number of nitrogens with zero attached hydrogens (tertiary/aromatic N) is 2. The molecule has 3 atom stereocenters. The van der Waals surface area contributed by atoms with Crippen LogP contribution in [0.5, 0.6) is 5.75 Å². The number of nitrogens with one attached hydrogen (secondary N) is 1. The lowest BCUT2D eigenvalue weighted by Crippen LogP contribution is -2.52. The van der Waals surface area contributed by atoms with Gasteiger partial charge in [0, 0.05) is 25.0 Å². The van der Waals surface area contributed by atoms with Gasteiger partial charge in [0.05, 0.1) is 18.0 Å². The topological polar surface area (TPSA) is 71.5 Å². The van der Waals surface area contributed by atoms with E-state index in [1.807, 2.05) is 0 Å². The molecule has 0 unspecified atom stereocenters. The molecule has 1 aliphatic heterocycles. The Morgan fingerprint density at radius 2 is 1.93 bits per heavy atom. The van der Waals surface area contributed by atoms with Crippen LogP contribution < -0.4 is 10.1 Å². The molecule has 2 fully saturated rings. The fourth-order valence-electron chi connectivity index (χ4n) is 4.30. The Hall–Kier alpha value is -3.10. The Balaban J connectivity index is 1.36. The molecule has 1 aromatic heterocycles. The van der Waals surface area contributed by atoms with E-state index < -0.39 is 6.36 Å². The molecule has 2 bridgehead atoms. The standard InChI is InChI=1S/C21H20F3N3O3/c22-21(23,24)30-16-5-3-13(4-6-16)10-19(28)27-12-14-8-17(18(27)9-14)26-20(29)15-2-1-7-25-11-15/h1-7,11,14,17-18H,8-10,12H2,(H,26,29)/t14-,17+,18-/m1/s1. The quantitative estimate of drug-likeness (QED) is 0.809. The molecule has 1 saturated heterocycles. The SMILES string of the molecule is O=C(N[C@H]1C[C@@H]2C[C@H]1N(C(=O)Cc1ccc(OC(F)(F)F)cc1)C2)c1cccnc1. The van der Waals surface area contributed by atoms with Crippen molar-refractivity contribution in [3.05, 3.63) is 59.9 Å². The van der Waals surface area contributed by atoms with Gasteiger partial charge in [-0.1, -0.05) is 12.1 Å². The van der Waals surface area contributed by atoms with Crippen LogP contribution in [-0.4, -0.2) is 46.7 Å². The summed E-state index contributed by atoms with van der Waals surface area (Å²) in [6.07, 6.45) is 0.0836. The number of benzene rings is 1. The molecule has 1 N–H and O–H groups in total. The highest BCUT2D eigenvalue weighted by Crippen LogP contribution is 2.38. The summed E-state index contributed by atoms with van der Waals surface area (Å²) in [5.74, 6) is -0.307. The molecule has 1 saturated carbocycles. The first-order valence-electron chi connectivity index (χ1n) is 9.63. The minimum atomic E-state index is -4.75. The Morgan fingerprint density at radius 1 is 1.17 bits per heavy atom. The molecule has 1 aromatic carbocycles. The maximum atomic E-state index is 12.8. The number of hydrogen-bond donors (Lipinski definition) is 1. The molecular formula is C21H20F3N3O3. The van der Waals surface area contributed by atoms with Crippen molar-refractivity contribution in [1.82, 2.24) is 15.2 Å². The first-order chi connectivity index (χ1) is 14.3. The van der Waals surface area contributed by atoms with Gasteiger partial charge in [0.1, 0.15) is 5.75 Å². The second kappa shape index (κ2) is 7.97. The van der Waals surface area contributed by atoms with E-state index in [0.29, 0.717) is 23.6 Å². The fourth-order valence-corrected chi connectivity index (χ4v) is 4.30. The zero-order chi connectivity index (χ0) is 21.3. The third-order valence-corrected chi connectivity index (χ3v) is 5.55. The molecule has 2 aliphatic rings. The summed E-state index contributed by atoms with van der Waals surface area (Å²) >= 11 is 0. The molecule has 2 amide bonds. The Labute approximate surface area is 171 Å². The van der Waals surface area contributed by atoms with Crippen LogP contribution in [0.1, 0.15) is 28.8 Å². The molecule has 158 valence electrons. The molecule has 2 aromatic rings. The number of aromatic nitrogens is 1. The van der Waals surface area contributed by atoms with Crippen molar-refractivity contribution in [3.8, 4) is 5.75 Å². The number of fused-ring (bicyclic) bond motifs is 2. The van der Waals surface area contributed by atoms with E-state index in [0.717, 1.165) is 12.8 Å². The van der Waals surface area contributed by atoms with Gasteiger partial charge in [0.2, 0.25) is 5.91 Å². The molecular weight excluding hydrogens is 399 g/mol. The molecule has 2 heterocycles. The number of halogens is 3. The largest absolute Gasteiger partial charge is 0.573 e. The van der Waals surface area contributed by atoms with Crippen molar-refractivity contribution in [2.45, 2.75) is 37.7 Å². The Morgan fingerprint density at radius 3 is 2.57 bits per heavy atom. The van der Waals surface area contributed by atoms with Gasteiger partial charge in [-0.3, -0.25) is 14.6 Å². The average molecular weight is 419 g/mol. The highest BCUT2D eigenvalue weighted by atomic mass is 19.4. The normalized spacial score (nSPS) is 22.8. The van der Waals surface area contributed by atoms with Crippen LogP contribution in [0.3, 0.4) is 0 Å². The van der Waals surface area contributed by atoms with E-state index in [1.165, 1.54) is 30.5 Å². The van der Waals surface area contributed by atoms with E-state index >= 15 is 0 Å². The zero-order valence-electron chi connectivity index (χ0n) is 15.9. The summed E-state index contributed by atoms with van der Waals surface area (Å²) in [6, 6.07) is 8.48. The third kappa shape index (κ3) is 4.55. The summed E-state index contributed by atoms with van der Waals surface area (Å²) < 4.78 is 40.6. The number of rotatable bonds is 5. The summed E-state index contributed by atoms with van der Waals surface area (Å²) in [4.78, 5) is 31.0. The maximum Gasteiger partial charge on any atom is 0.573 e. The molecule has 30 heavy (non-hydrogen) atoms. The first kappa shape index (κ1) is 20.2.